The van der Waals surface area contributed by atoms with Crippen LogP contribution in [0.1, 0.15) is 6.42 Å². The van der Waals surface area contributed by atoms with Gasteiger partial charge in [-0.25, -0.2) is 0 Å². The Morgan fingerprint density at radius 2 is 1.95 bits per heavy atom. The highest BCUT2D eigenvalue weighted by molar-refractivity contribution is 5.69. The van der Waals surface area contributed by atoms with Gasteiger partial charge < -0.3 is 15.4 Å². The van der Waals surface area contributed by atoms with Crippen LogP contribution in [0.3, 0.4) is 0 Å². The van der Waals surface area contributed by atoms with Crippen LogP contribution < -0.4 is 10.6 Å². The number of piperazine rings is 1. The molecule has 19 heavy (non-hydrogen) atoms. The molecule has 2 rings (SSSR count). The number of benzene rings is 1. The molecule has 2 N–H and O–H groups in total. The van der Waals surface area contributed by atoms with Crippen molar-refractivity contribution in [2.45, 2.75) is 6.42 Å². The molecule has 0 spiro atoms. The van der Waals surface area contributed by atoms with E-state index in [1.54, 1.807) is 0 Å². The standard InChI is InChI=1S/C14H21N3O2/c1-19-14(18)6-7-16-8-10-17(11-9-16)13-5-3-2-4-12(13)15/h2-5H,6-11,15H2,1H3. The summed E-state index contributed by atoms with van der Waals surface area (Å²) in [5.74, 6) is -0.144. The van der Waals surface area contributed by atoms with E-state index in [-0.39, 0.29) is 5.97 Å². The first-order chi connectivity index (χ1) is 9.20. The zero-order valence-corrected chi connectivity index (χ0v) is 11.3. The maximum absolute atomic E-state index is 11.1. The molecule has 5 heteroatoms. The van der Waals surface area contributed by atoms with Crippen LogP contribution in [-0.2, 0) is 9.53 Å². The summed E-state index contributed by atoms with van der Waals surface area (Å²) in [5.41, 5.74) is 7.92. The second kappa shape index (κ2) is 6.43. The summed E-state index contributed by atoms with van der Waals surface area (Å²) < 4.78 is 4.65. The Morgan fingerprint density at radius 1 is 1.26 bits per heavy atom. The molecule has 0 saturated carbocycles. The van der Waals surface area contributed by atoms with E-state index in [0.29, 0.717) is 6.42 Å². The lowest BCUT2D eigenvalue weighted by Crippen LogP contribution is -2.47. The molecule has 1 aliphatic rings. The van der Waals surface area contributed by atoms with Gasteiger partial charge in [0.05, 0.1) is 24.9 Å². The number of hydrogen-bond acceptors (Lipinski definition) is 5. The number of methoxy groups -OCH3 is 1. The van der Waals surface area contributed by atoms with Crippen molar-refractivity contribution in [2.24, 2.45) is 0 Å². The van der Waals surface area contributed by atoms with Crippen LogP contribution in [0.25, 0.3) is 0 Å². The zero-order chi connectivity index (χ0) is 13.7. The molecule has 0 radical (unpaired) electrons. The van der Waals surface area contributed by atoms with Gasteiger partial charge in [-0.1, -0.05) is 12.1 Å². The van der Waals surface area contributed by atoms with Gasteiger partial charge >= 0.3 is 5.97 Å². The number of para-hydroxylation sites is 2. The highest BCUT2D eigenvalue weighted by Crippen LogP contribution is 2.23. The Hall–Kier alpha value is -1.75. The van der Waals surface area contributed by atoms with E-state index in [9.17, 15) is 4.79 Å². The van der Waals surface area contributed by atoms with E-state index in [1.165, 1.54) is 7.11 Å². The topological polar surface area (TPSA) is 58.8 Å². The summed E-state index contributed by atoms with van der Waals surface area (Å²) >= 11 is 0. The summed E-state index contributed by atoms with van der Waals surface area (Å²) in [4.78, 5) is 15.7. The molecule has 5 nitrogen and oxygen atoms in total. The zero-order valence-electron chi connectivity index (χ0n) is 11.3. The van der Waals surface area contributed by atoms with Crippen molar-refractivity contribution in [3.8, 4) is 0 Å². The molecule has 0 bridgehead atoms. The van der Waals surface area contributed by atoms with Gasteiger partial charge in [0.1, 0.15) is 0 Å². The highest BCUT2D eigenvalue weighted by Gasteiger charge is 2.18. The molecule has 1 heterocycles. The molecule has 1 fully saturated rings. The lowest BCUT2D eigenvalue weighted by Gasteiger charge is -2.36. The molecule has 1 saturated heterocycles. The van der Waals surface area contributed by atoms with Gasteiger partial charge in [0.15, 0.2) is 0 Å². The van der Waals surface area contributed by atoms with Crippen LogP contribution in [0.5, 0.6) is 0 Å². The van der Waals surface area contributed by atoms with E-state index in [1.807, 2.05) is 18.2 Å². The van der Waals surface area contributed by atoms with Crippen LogP contribution in [-0.4, -0.2) is 50.7 Å². The first kappa shape index (κ1) is 13.7. The molecule has 0 aromatic heterocycles. The van der Waals surface area contributed by atoms with Crippen LogP contribution in [0.2, 0.25) is 0 Å². The van der Waals surface area contributed by atoms with Crippen molar-refractivity contribution < 1.29 is 9.53 Å². The van der Waals surface area contributed by atoms with E-state index in [0.717, 1.165) is 44.1 Å². The maximum Gasteiger partial charge on any atom is 0.306 e. The Kier molecular flexibility index (Phi) is 4.63. The number of nitrogens with zero attached hydrogens (tertiary/aromatic N) is 2. The number of carbonyl (C=O) groups excluding carboxylic acids is 1. The lowest BCUT2D eigenvalue weighted by atomic mass is 10.2. The van der Waals surface area contributed by atoms with E-state index >= 15 is 0 Å². The minimum atomic E-state index is -0.144. The van der Waals surface area contributed by atoms with Gasteiger partial charge in [0, 0.05) is 32.7 Å². The quantitative estimate of drug-likeness (QED) is 0.647. The average molecular weight is 263 g/mol. The van der Waals surface area contributed by atoms with Gasteiger partial charge in [0.2, 0.25) is 0 Å². The SMILES string of the molecule is COC(=O)CCN1CCN(c2ccccc2N)CC1. The maximum atomic E-state index is 11.1. The van der Waals surface area contributed by atoms with Gasteiger partial charge in [0.25, 0.3) is 0 Å². The molecule has 1 aromatic rings. The van der Waals surface area contributed by atoms with E-state index in [2.05, 4.69) is 20.6 Å². The summed E-state index contributed by atoms with van der Waals surface area (Å²) in [6, 6.07) is 7.94. The van der Waals surface area contributed by atoms with Gasteiger partial charge in [-0.15, -0.1) is 0 Å². The highest BCUT2D eigenvalue weighted by atomic mass is 16.5. The smallest absolute Gasteiger partial charge is 0.306 e. The van der Waals surface area contributed by atoms with Crippen molar-refractivity contribution in [3.63, 3.8) is 0 Å². The number of anilines is 2. The number of ether oxygens (including phenoxy) is 1. The summed E-state index contributed by atoms with van der Waals surface area (Å²) in [6.07, 6.45) is 0.462. The van der Waals surface area contributed by atoms with E-state index < -0.39 is 0 Å². The predicted octanol–water partition coefficient (Wildman–Crippen LogP) is 0.954. The van der Waals surface area contributed by atoms with Gasteiger partial charge in [-0.05, 0) is 12.1 Å². The minimum Gasteiger partial charge on any atom is -0.469 e. The Labute approximate surface area is 113 Å². The Bertz CT molecular complexity index is 428. The molecular weight excluding hydrogens is 242 g/mol. The fraction of sp³-hybridized carbons (Fsp3) is 0.500. The normalized spacial score (nSPS) is 16.4. The lowest BCUT2D eigenvalue weighted by molar-refractivity contribution is -0.141. The number of nitrogen functional groups attached to an aromatic ring is 1. The predicted molar refractivity (Wildman–Crippen MR) is 76.1 cm³/mol. The van der Waals surface area contributed by atoms with Crippen LogP contribution in [0.4, 0.5) is 11.4 Å². The van der Waals surface area contributed by atoms with Gasteiger partial charge in [-0.2, -0.15) is 0 Å². The molecule has 0 unspecified atom stereocenters. The average Bonchev–Trinajstić information content (AvgIpc) is 2.46. The largest absolute Gasteiger partial charge is 0.469 e. The van der Waals surface area contributed by atoms with Crippen LogP contribution in [0.15, 0.2) is 24.3 Å². The van der Waals surface area contributed by atoms with Gasteiger partial charge in [-0.3, -0.25) is 9.69 Å². The summed E-state index contributed by atoms with van der Waals surface area (Å²) in [7, 11) is 1.43. The van der Waals surface area contributed by atoms with Crippen molar-refractivity contribution in [1.82, 2.24) is 4.90 Å². The third kappa shape index (κ3) is 3.61. The van der Waals surface area contributed by atoms with Crippen LogP contribution in [0, 0.1) is 0 Å². The van der Waals surface area contributed by atoms with Crippen molar-refractivity contribution in [1.29, 1.82) is 0 Å². The second-order valence-corrected chi connectivity index (χ2v) is 4.71. The summed E-state index contributed by atoms with van der Waals surface area (Å²) in [5, 5.41) is 0. The molecule has 0 amide bonds. The first-order valence-corrected chi connectivity index (χ1v) is 6.59. The molecule has 1 aromatic carbocycles. The van der Waals surface area contributed by atoms with E-state index in [4.69, 9.17) is 5.73 Å². The summed E-state index contributed by atoms with van der Waals surface area (Å²) in [6.45, 7) is 4.55. The Morgan fingerprint density at radius 3 is 2.58 bits per heavy atom. The number of rotatable bonds is 4. The molecule has 1 aliphatic heterocycles. The molecule has 0 atom stereocenters. The molecular formula is C14H21N3O2. The molecule has 0 aliphatic carbocycles. The Balaban J connectivity index is 1.83. The minimum absolute atomic E-state index is 0.144. The third-order valence-electron chi connectivity index (χ3n) is 3.51. The number of carbonyl (C=O) groups is 1. The first-order valence-electron chi connectivity index (χ1n) is 6.59. The van der Waals surface area contributed by atoms with Crippen molar-refractivity contribution in [2.75, 3.05) is 50.5 Å². The van der Waals surface area contributed by atoms with Crippen molar-refractivity contribution >= 4 is 17.3 Å². The second-order valence-electron chi connectivity index (χ2n) is 4.71. The fourth-order valence-electron chi connectivity index (χ4n) is 2.34. The number of nitrogens with two attached hydrogens (primary N) is 1. The number of esters is 1. The van der Waals surface area contributed by atoms with Crippen LogP contribution >= 0.6 is 0 Å². The monoisotopic (exact) mass is 263 g/mol. The third-order valence-corrected chi connectivity index (χ3v) is 3.51. The fourth-order valence-corrected chi connectivity index (χ4v) is 2.34. The molecule has 104 valence electrons. The van der Waals surface area contributed by atoms with Crippen molar-refractivity contribution in [3.05, 3.63) is 24.3 Å². The number of hydrogen-bond donors (Lipinski definition) is 1.